The van der Waals surface area contributed by atoms with Crippen molar-refractivity contribution in [3.8, 4) is 0 Å². The summed E-state index contributed by atoms with van der Waals surface area (Å²) in [6, 6.07) is 12.9. The molecule has 1 aromatic rings. The number of rotatable bonds is 2. The summed E-state index contributed by atoms with van der Waals surface area (Å²) < 4.78 is 0. The van der Waals surface area contributed by atoms with Gasteiger partial charge in [-0.15, -0.1) is 0 Å². The average molecular weight is 149 g/mol. The van der Waals surface area contributed by atoms with Crippen molar-refractivity contribution in [3.05, 3.63) is 41.9 Å². The topological polar surface area (TPSA) is 0 Å². The first-order chi connectivity index (χ1) is 4.79. The third kappa shape index (κ3) is 2.36. The Labute approximate surface area is 64.5 Å². The van der Waals surface area contributed by atoms with Crippen LogP contribution in [0.3, 0.4) is 0 Å². The largest absolute Gasteiger partial charge is 0.0717 e. The lowest BCUT2D eigenvalue weighted by atomic mass is 10.2. The van der Waals surface area contributed by atoms with E-state index in [9.17, 15) is 0 Å². The molecule has 0 aliphatic heterocycles. The van der Waals surface area contributed by atoms with E-state index in [0.29, 0.717) is 0 Å². The van der Waals surface area contributed by atoms with E-state index in [0.717, 1.165) is 0 Å². The van der Waals surface area contributed by atoms with Crippen LogP contribution in [-0.4, -0.2) is 8.80 Å². The summed E-state index contributed by atoms with van der Waals surface area (Å²) in [5.74, 6) is 0. The van der Waals surface area contributed by atoms with Gasteiger partial charge in [-0.3, -0.25) is 0 Å². The monoisotopic (exact) mass is 149 g/mol. The van der Waals surface area contributed by atoms with Gasteiger partial charge in [0.2, 0.25) is 0 Å². The van der Waals surface area contributed by atoms with Crippen LogP contribution in [0.5, 0.6) is 0 Å². The van der Waals surface area contributed by atoms with Crippen molar-refractivity contribution >= 4 is 8.80 Å². The lowest BCUT2D eigenvalue weighted by molar-refractivity contribution is 1.56. The minimum atomic E-state index is -0.522. The van der Waals surface area contributed by atoms with Crippen LogP contribution in [0.25, 0.3) is 0 Å². The zero-order valence-corrected chi connectivity index (χ0v) is 7.70. The molecule has 1 aromatic carbocycles. The lowest BCUT2D eigenvalue weighted by Crippen LogP contribution is -2.01. The van der Waals surface area contributed by atoms with E-state index in [4.69, 9.17) is 0 Å². The molecule has 0 unspecified atom stereocenters. The van der Waals surface area contributed by atoms with Crippen LogP contribution < -0.4 is 0 Å². The van der Waals surface area contributed by atoms with Crippen molar-refractivity contribution < 1.29 is 0 Å². The summed E-state index contributed by atoms with van der Waals surface area (Å²) in [6.45, 7) is 4.65. The van der Waals surface area contributed by atoms with E-state index in [-0.39, 0.29) is 0 Å². The number of benzene rings is 1. The fourth-order valence-electron chi connectivity index (χ4n) is 0.949. The molecule has 0 saturated carbocycles. The Kier molecular flexibility index (Phi) is 2.69. The first kappa shape index (κ1) is 7.54. The molecule has 0 atom stereocenters. The van der Waals surface area contributed by atoms with Gasteiger partial charge < -0.3 is 0 Å². The third-order valence-corrected chi connectivity index (χ3v) is 2.38. The second kappa shape index (κ2) is 3.57. The van der Waals surface area contributed by atoms with Crippen LogP contribution in [-0.2, 0) is 0 Å². The molecule has 0 heterocycles. The van der Waals surface area contributed by atoms with Gasteiger partial charge in [0.15, 0.2) is 0 Å². The molecule has 1 radical (unpaired) electrons. The highest BCUT2D eigenvalue weighted by Gasteiger charge is 1.96. The first-order valence-corrected chi connectivity index (χ1v) is 6.66. The summed E-state index contributed by atoms with van der Waals surface area (Å²) in [5.41, 5.74) is 1.38. The van der Waals surface area contributed by atoms with Gasteiger partial charge in [0, 0.05) is 8.80 Å². The van der Waals surface area contributed by atoms with Crippen molar-refractivity contribution in [1.82, 2.24) is 0 Å². The van der Waals surface area contributed by atoms with E-state index >= 15 is 0 Å². The molecule has 0 saturated heterocycles. The van der Waals surface area contributed by atoms with E-state index in [1.54, 1.807) is 0 Å². The fraction of sp³-hybridized carbons (Fsp3) is 0.222. The lowest BCUT2D eigenvalue weighted by Gasteiger charge is -2.00. The molecule has 0 N–H and O–H groups in total. The van der Waals surface area contributed by atoms with Gasteiger partial charge in [-0.2, -0.15) is 0 Å². The van der Waals surface area contributed by atoms with Crippen LogP contribution in [0.2, 0.25) is 13.1 Å². The van der Waals surface area contributed by atoms with Crippen LogP contribution >= 0.6 is 0 Å². The smallest absolute Gasteiger partial charge is 0.0392 e. The Bertz CT molecular complexity index is 179. The minimum absolute atomic E-state index is 0.522. The van der Waals surface area contributed by atoms with Crippen molar-refractivity contribution in [2.24, 2.45) is 0 Å². The minimum Gasteiger partial charge on any atom is -0.0717 e. The second-order valence-electron chi connectivity index (χ2n) is 2.82. The van der Waals surface area contributed by atoms with Gasteiger partial charge >= 0.3 is 0 Å². The summed E-state index contributed by atoms with van der Waals surface area (Å²) in [6.07, 6.45) is 0. The molecular formula is C9H13Si. The van der Waals surface area contributed by atoms with Crippen LogP contribution in [0.15, 0.2) is 30.3 Å². The van der Waals surface area contributed by atoms with Gasteiger partial charge in [0.1, 0.15) is 0 Å². The molecular weight excluding hydrogens is 136 g/mol. The maximum Gasteiger partial charge on any atom is 0.0392 e. The Balaban J connectivity index is 2.59. The van der Waals surface area contributed by atoms with Crippen molar-refractivity contribution in [2.45, 2.75) is 13.1 Å². The van der Waals surface area contributed by atoms with Crippen molar-refractivity contribution in [1.29, 1.82) is 0 Å². The normalized spacial score (nSPS) is 10.3. The zero-order chi connectivity index (χ0) is 7.40. The predicted molar refractivity (Wildman–Crippen MR) is 48.7 cm³/mol. The molecule has 0 nitrogen and oxygen atoms in total. The van der Waals surface area contributed by atoms with Crippen LogP contribution in [0.1, 0.15) is 5.56 Å². The first-order valence-electron chi connectivity index (χ1n) is 3.69. The van der Waals surface area contributed by atoms with Gasteiger partial charge in [0.05, 0.1) is 0 Å². The molecule has 10 heavy (non-hydrogen) atoms. The number of hydrogen-bond acceptors (Lipinski definition) is 0. The van der Waals surface area contributed by atoms with Crippen molar-refractivity contribution in [2.75, 3.05) is 0 Å². The predicted octanol–water partition coefficient (Wildman–Crippen LogP) is 2.26. The summed E-state index contributed by atoms with van der Waals surface area (Å²) in [5, 5.41) is 0. The molecule has 0 amide bonds. The maximum atomic E-state index is 2.39. The van der Waals surface area contributed by atoms with Crippen molar-refractivity contribution in [3.63, 3.8) is 0 Å². The Hall–Kier alpha value is -0.563. The van der Waals surface area contributed by atoms with E-state index < -0.39 is 8.80 Å². The van der Waals surface area contributed by atoms with E-state index in [2.05, 4.69) is 49.5 Å². The number of hydrogen-bond donors (Lipinski definition) is 0. The van der Waals surface area contributed by atoms with Gasteiger partial charge in [-0.05, 0) is 11.6 Å². The van der Waals surface area contributed by atoms with E-state index in [1.165, 1.54) is 5.56 Å². The van der Waals surface area contributed by atoms with Gasteiger partial charge in [-0.1, -0.05) is 43.4 Å². The average Bonchev–Trinajstić information content (AvgIpc) is 1.88. The second-order valence-corrected chi connectivity index (χ2v) is 5.64. The van der Waals surface area contributed by atoms with Crippen LogP contribution in [0.4, 0.5) is 0 Å². The van der Waals surface area contributed by atoms with E-state index in [1.807, 2.05) is 0 Å². The molecule has 1 heteroatoms. The molecule has 0 fully saturated rings. The SMILES string of the molecule is C[SiH](C)[CH]c1ccccc1. The standard InChI is InChI=1S/C9H13Si/c1-10(2)8-9-6-4-3-5-7-9/h3-8,10H,1-2H3. The molecule has 0 aliphatic rings. The summed E-state index contributed by atoms with van der Waals surface area (Å²) in [7, 11) is -0.522. The Morgan fingerprint density at radius 2 is 1.70 bits per heavy atom. The molecule has 1 rings (SSSR count). The molecule has 53 valence electrons. The highest BCUT2D eigenvalue weighted by molar-refractivity contribution is 6.60. The molecule has 0 spiro atoms. The third-order valence-electron chi connectivity index (χ3n) is 1.33. The van der Waals surface area contributed by atoms with Gasteiger partial charge in [-0.25, -0.2) is 0 Å². The maximum absolute atomic E-state index is 2.39. The highest BCUT2D eigenvalue weighted by atomic mass is 28.3. The van der Waals surface area contributed by atoms with Crippen LogP contribution in [0, 0.1) is 6.04 Å². The fourth-order valence-corrected chi connectivity index (χ4v) is 1.94. The summed E-state index contributed by atoms with van der Waals surface area (Å²) in [4.78, 5) is 0. The molecule has 0 aliphatic carbocycles. The summed E-state index contributed by atoms with van der Waals surface area (Å²) >= 11 is 0. The zero-order valence-electron chi connectivity index (χ0n) is 6.54. The molecule has 0 bridgehead atoms. The Morgan fingerprint density at radius 1 is 1.10 bits per heavy atom. The highest BCUT2D eigenvalue weighted by Crippen LogP contribution is 2.03. The molecule has 0 aromatic heterocycles. The quantitative estimate of drug-likeness (QED) is 0.566. The Morgan fingerprint density at radius 3 is 2.20 bits per heavy atom. The van der Waals surface area contributed by atoms with Gasteiger partial charge in [0.25, 0.3) is 0 Å².